The second-order valence-electron chi connectivity index (χ2n) is 17.6. The van der Waals surface area contributed by atoms with Crippen molar-refractivity contribution in [3.8, 4) is 22.3 Å². The first kappa shape index (κ1) is 36.4. The van der Waals surface area contributed by atoms with Gasteiger partial charge < -0.3 is 9.80 Å². The van der Waals surface area contributed by atoms with Crippen molar-refractivity contribution in [1.82, 2.24) is 0 Å². The standard InChI is InChI=1S/C58H50N2/c1-57(2)51-29-13-12-28-49(51)50-37-36-48(40-52(50)57)60(46-26-10-5-11-27-46)54-31-15-21-44-23-17-39-58(56(44)54)38-16-22-43-20-14-30-53(55(43)58)59(45-24-8-4-9-25-45)47-34-32-42(33-35-47)41-18-6-3-7-19-41/h3-15,18-21,24-37,40H,16-17,22-23,38-39H2,1-2H3/t58-/m1/s1. The number of aryl methyl sites for hydroxylation is 2. The van der Waals surface area contributed by atoms with Gasteiger partial charge in [-0.05, 0) is 155 Å². The van der Waals surface area contributed by atoms with Gasteiger partial charge in [0.05, 0.1) is 11.4 Å². The molecule has 11 rings (SSSR count). The maximum absolute atomic E-state index is 2.58. The van der Waals surface area contributed by atoms with Gasteiger partial charge in [0, 0.05) is 33.6 Å². The van der Waals surface area contributed by atoms with Crippen LogP contribution >= 0.6 is 0 Å². The third-order valence-electron chi connectivity index (χ3n) is 13.9. The summed E-state index contributed by atoms with van der Waals surface area (Å²) in [7, 11) is 0. The van der Waals surface area contributed by atoms with Gasteiger partial charge in [-0.15, -0.1) is 0 Å². The molecule has 60 heavy (non-hydrogen) atoms. The maximum atomic E-state index is 2.58. The second-order valence-corrected chi connectivity index (χ2v) is 17.6. The largest absolute Gasteiger partial charge is 0.310 e. The summed E-state index contributed by atoms with van der Waals surface area (Å²) in [6.45, 7) is 4.78. The Morgan fingerprint density at radius 2 is 0.850 bits per heavy atom. The summed E-state index contributed by atoms with van der Waals surface area (Å²) in [4.78, 5) is 5.12. The lowest BCUT2D eigenvalue weighted by molar-refractivity contribution is 0.369. The summed E-state index contributed by atoms with van der Waals surface area (Å²) in [6.07, 6.45) is 6.73. The number of hydrogen-bond acceptors (Lipinski definition) is 2. The van der Waals surface area contributed by atoms with Gasteiger partial charge in [0.1, 0.15) is 0 Å². The number of anilines is 6. The summed E-state index contributed by atoms with van der Waals surface area (Å²) in [5, 5.41) is 0. The number of rotatable bonds is 7. The zero-order chi connectivity index (χ0) is 40.3. The molecular weight excluding hydrogens is 725 g/mol. The molecule has 0 aromatic heterocycles. The molecule has 0 aliphatic heterocycles. The van der Waals surface area contributed by atoms with E-state index < -0.39 is 0 Å². The van der Waals surface area contributed by atoms with Crippen LogP contribution in [0.4, 0.5) is 34.1 Å². The van der Waals surface area contributed by atoms with Crippen LogP contribution in [0, 0.1) is 0 Å². The zero-order valence-electron chi connectivity index (χ0n) is 34.6. The first-order valence-corrected chi connectivity index (χ1v) is 21.9. The number of benzene rings is 8. The molecule has 8 aromatic rings. The third-order valence-corrected chi connectivity index (χ3v) is 13.9. The highest BCUT2D eigenvalue weighted by Crippen LogP contribution is 2.58. The van der Waals surface area contributed by atoms with Crippen molar-refractivity contribution in [2.24, 2.45) is 0 Å². The highest BCUT2D eigenvalue weighted by Gasteiger charge is 2.46. The minimum atomic E-state index is -0.176. The molecule has 0 saturated carbocycles. The fourth-order valence-corrected chi connectivity index (χ4v) is 11.3. The lowest BCUT2D eigenvalue weighted by Gasteiger charge is -2.48. The molecule has 8 aromatic carbocycles. The van der Waals surface area contributed by atoms with Crippen LogP contribution < -0.4 is 9.80 Å². The number of para-hydroxylation sites is 2. The predicted molar refractivity (Wildman–Crippen MR) is 252 cm³/mol. The van der Waals surface area contributed by atoms with Crippen LogP contribution in [0.3, 0.4) is 0 Å². The summed E-state index contributed by atoms with van der Waals surface area (Å²) < 4.78 is 0. The first-order valence-electron chi connectivity index (χ1n) is 21.9. The van der Waals surface area contributed by atoms with Crippen molar-refractivity contribution < 1.29 is 0 Å². The minimum Gasteiger partial charge on any atom is -0.310 e. The van der Waals surface area contributed by atoms with Crippen LogP contribution in [0.1, 0.15) is 72.9 Å². The molecule has 0 radical (unpaired) electrons. The SMILES string of the molecule is CC1(C)c2ccccc2-c2ccc(N(c3ccccc3)c3cccc4c3[C@]3(CCCc5cccc(N(c6ccccc6)c6ccc(-c7ccccc7)cc6)c53)CCC4)cc21. The normalized spacial score (nSPS) is 17.0. The summed E-state index contributed by atoms with van der Waals surface area (Å²) >= 11 is 0. The highest BCUT2D eigenvalue weighted by molar-refractivity contribution is 5.88. The van der Waals surface area contributed by atoms with Crippen molar-refractivity contribution in [2.75, 3.05) is 9.80 Å². The molecule has 292 valence electrons. The lowest BCUT2D eigenvalue weighted by atomic mass is 9.59. The average molecular weight is 775 g/mol. The Balaban J connectivity index is 1.12. The fourth-order valence-electron chi connectivity index (χ4n) is 11.3. The van der Waals surface area contributed by atoms with Crippen molar-refractivity contribution in [3.05, 3.63) is 228 Å². The van der Waals surface area contributed by atoms with Crippen LogP contribution in [0.15, 0.2) is 194 Å². The van der Waals surface area contributed by atoms with Crippen LogP contribution in [-0.2, 0) is 23.7 Å². The highest BCUT2D eigenvalue weighted by atomic mass is 15.2. The van der Waals surface area contributed by atoms with Gasteiger partial charge in [0.15, 0.2) is 0 Å². The molecule has 1 spiro atoms. The van der Waals surface area contributed by atoms with Crippen LogP contribution in [0.5, 0.6) is 0 Å². The molecule has 0 unspecified atom stereocenters. The van der Waals surface area contributed by atoms with E-state index in [0.29, 0.717) is 0 Å². The van der Waals surface area contributed by atoms with E-state index in [0.717, 1.165) is 38.5 Å². The van der Waals surface area contributed by atoms with Gasteiger partial charge in [0.25, 0.3) is 0 Å². The second kappa shape index (κ2) is 14.6. The van der Waals surface area contributed by atoms with E-state index in [-0.39, 0.29) is 10.8 Å². The van der Waals surface area contributed by atoms with Crippen molar-refractivity contribution >= 4 is 34.1 Å². The van der Waals surface area contributed by atoms with Gasteiger partial charge in [0.2, 0.25) is 0 Å². The quantitative estimate of drug-likeness (QED) is 0.159. The molecule has 3 aliphatic carbocycles. The third kappa shape index (κ3) is 5.84. The molecular formula is C58H50N2. The maximum Gasteiger partial charge on any atom is 0.0505 e. The molecule has 0 saturated heterocycles. The van der Waals surface area contributed by atoms with Crippen molar-refractivity contribution in [2.45, 2.75) is 63.2 Å². The van der Waals surface area contributed by atoms with Crippen LogP contribution in [0.25, 0.3) is 22.3 Å². The van der Waals surface area contributed by atoms with Gasteiger partial charge in [-0.25, -0.2) is 0 Å². The molecule has 0 heterocycles. The monoisotopic (exact) mass is 774 g/mol. The predicted octanol–water partition coefficient (Wildman–Crippen LogP) is 15.6. The number of fused-ring (bicyclic) bond motifs is 7. The molecule has 0 bridgehead atoms. The first-order chi connectivity index (χ1) is 29.5. The van der Waals surface area contributed by atoms with E-state index >= 15 is 0 Å². The Labute approximate surface area is 355 Å². The van der Waals surface area contributed by atoms with Gasteiger partial charge in [-0.1, -0.05) is 147 Å². The van der Waals surface area contributed by atoms with E-state index in [9.17, 15) is 0 Å². The molecule has 0 amide bonds. The summed E-state index contributed by atoms with van der Waals surface area (Å²) in [5.41, 5.74) is 21.0. The van der Waals surface area contributed by atoms with E-state index in [4.69, 9.17) is 0 Å². The topological polar surface area (TPSA) is 6.48 Å². The molecule has 0 fully saturated rings. The Hall–Kier alpha value is -6.64. The Morgan fingerprint density at radius 3 is 1.45 bits per heavy atom. The Kier molecular flexibility index (Phi) is 8.85. The van der Waals surface area contributed by atoms with Crippen molar-refractivity contribution in [1.29, 1.82) is 0 Å². The Morgan fingerprint density at radius 1 is 0.383 bits per heavy atom. The van der Waals surface area contributed by atoms with E-state index in [1.54, 1.807) is 0 Å². The van der Waals surface area contributed by atoms with Gasteiger partial charge in [-0.2, -0.15) is 0 Å². The van der Waals surface area contributed by atoms with Crippen molar-refractivity contribution in [3.63, 3.8) is 0 Å². The molecule has 1 atom stereocenters. The Bertz CT molecular complexity index is 2840. The van der Waals surface area contributed by atoms with E-state index in [1.807, 2.05) is 0 Å². The van der Waals surface area contributed by atoms with Crippen LogP contribution in [-0.4, -0.2) is 0 Å². The smallest absolute Gasteiger partial charge is 0.0505 e. The molecule has 3 aliphatic rings. The van der Waals surface area contributed by atoms with Gasteiger partial charge >= 0.3 is 0 Å². The molecule has 2 nitrogen and oxygen atoms in total. The van der Waals surface area contributed by atoms with E-state index in [2.05, 4.69) is 218 Å². The molecule has 0 N–H and O–H groups in total. The fraction of sp³-hybridized carbons (Fsp3) is 0.172. The van der Waals surface area contributed by atoms with E-state index in [1.165, 1.54) is 89.8 Å². The summed E-state index contributed by atoms with van der Waals surface area (Å²) in [5.74, 6) is 0. The number of hydrogen-bond donors (Lipinski definition) is 0. The number of nitrogens with zero attached hydrogens (tertiary/aromatic N) is 2. The molecule has 2 heteroatoms. The summed E-state index contributed by atoms with van der Waals surface area (Å²) in [6, 6.07) is 72.5. The van der Waals surface area contributed by atoms with Gasteiger partial charge in [-0.3, -0.25) is 0 Å². The lowest BCUT2D eigenvalue weighted by Crippen LogP contribution is -2.38. The average Bonchev–Trinajstić information content (AvgIpc) is 3.53. The minimum absolute atomic E-state index is 0.0982. The van der Waals surface area contributed by atoms with Crippen LogP contribution in [0.2, 0.25) is 0 Å². The zero-order valence-corrected chi connectivity index (χ0v) is 34.6.